The van der Waals surface area contributed by atoms with Gasteiger partial charge in [-0.2, -0.15) is 13.2 Å². The van der Waals surface area contributed by atoms with E-state index < -0.39 is 33.5 Å². The van der Waals surface area contributed by atoms with Crippen LogP contribution in [0.1, 0.15) is 76.9 Å². The van der Waals surface area contributed by atoms with Gasteiger partial charge in [0.15, 0.2) is 5.69 Å². The summed E-state index contributed by atoms with van der Waals surface area (Å²) in [6, 6.07) is 4.00. The molecule has 0 bridgehead atoms. The van der Waals surface area contributed by atoms with Gasteiger partial charge in [-0.05, 0) is 72.4 Å². The van der Waals surface area contributed by atoms with Crippen LogP contribution in [0.3, 0.4) is 0 Å². The van der Waals surface area contributed by atoms with Crippen LogP contribution in [-0.4, -0.2) is 47.1 Å². The topological polar surface area (TPSA) is 138 Å². The molecule has 0 spiro atoms. The summed E-state index contributed by atoms with van der Waals surface area (Å²) >= 11 is 0.855. The van der Waals surface area contributed by atoms with Gasteiger partial charge >= 0.3 is 12.3 Å². The quantitative estimate of drug-likeness (QED) is 0.222. The number of H-pyrrole nitrogens is 1. The summed E-state index contributed by atoms with van der Waals surface area (Å²) in [7, 11) is -4.26. The maximum absolute atomic E-state index is 14.3. The van der Waals surface area contributed by atoms with E-state index in [9.17, 15) is 26.4 Å². The SMILES string of the molecule is CC(C)OC(=O)N[C@H]1CC[C@H](c2nc(C(F)(F)F)c(-c3ccc(Nc4ncc[nH]4)cc3S(=O)(=O)NC(C)(C)C)s2)CC1. The molecule has 0 atom stereocenters. The number of aromatic nitrogens is 3. The Morgan fingerprint density at radius 2 is 1.83 bits per heavy atom. The smallest absolute Gasteiger partial charge is 0.434 e. The molecule has 1 amide bonds. The Bertz CT molecular complexity index is 1490. The Hall–Kier alpha value is -3.17. The lowest BCUT2D eigenvalue weighted by Gasteiger charge is -2.28. The number of nitrogens with one attached hydrogen (secondary N) is 4. The predicted molar refractivity (Wildman–Crippen MR) is 154 cm³/mol. The summed E-state index contributed by atoms with van der Waals surface area (Å²) in [6.07, 6.45) is -0.389. The van der Waals surface area contributed by atoms with E-state index in [0.29, 0.717) is 37.3 Å². The molecule has 10 nitrogen and oxygen atoms in total. The zero-order chi connectivity index (χ0) is 30.9. The van der Waals surface area contributed by atoms with E-state index in [1.54, 1.807) is 40.8 Å². The summed E-state index contributed by atoms with van der Waals surface area (Å²) < 4.78 is 77.8. The van der Waals surface area contributed by atoms with Gasteiger partial charge in [0.1, 0.15) is 0 Å². The Morgan fingerprint density at radius 1 is 1.14 bits per heavy atom. The fraction of sp³-hybridized carbons (Fsp3) is 0.519. The number of rotatable bonds is 8. The minimum atomic E-state index is -4.81. The highest BCUT2D eigenvalue weighted by Crippen LogP contribution is 2.46. The van der Waals surface area contributed by atoms with E-state index in [0.717, 1.165) is 11.3 Å². The number of thiazole rings is 1. The van der Waals surface area contributed by atoms with Gasteiger partial charge in [0.25, 0.3) is 0 Å². The minimum Gasteiger partial charge on any atom is -0.447 e. The van der Waals surface area contributed by atoms with Gasteiger partial charge in [-0.3, -0.25) is 0 Å². The molecule has 1 fully saturated rings. The number of amides is 1. The molecule has 3 aromatic rings. The van der Waals surface area contributed by atoms with Crippen molar-refractivity contribution < 1.29 is 31.1 Å². The van der Waals surface area contributed by atoms with E-state index in [2.05, 4.69) is 30.3 Å². The Kier molecular flexibility index (Phi) is 9.23. The van der Waals surface area contributed by atoms with Crippen molar-refractivity contribution in [3.8, 4) is 10.4 Å². The number of sulfonamides is 1. The molecule has 2 heterocycles. The Balaban J connectivity index is 1.70. The second-order valence-electron chi connectivity index (χ2n) is 11.5. The molecular weight excluding hydrogens is 593 g/mol. The molecule has 0 radical (unpaired) electrons. The minimum absolute atomic E-state index is 0.0976. The fourth-order valence-corrected chi connectivity index (χ4v) is 7.74. The van der Waals surface area contributed by atoms with Gasteiger partial charge in [0, 0.05) is 41.1 Å². The molecule has 4 N–H and O–H groups in total. The van der Waals surface area contributed by atoms with Crippen molar-refractivity contribution in [2.24, 2.45) is 0 Å². The maximum Gasteiger partial charge on any atom is 0.434 e. The number of ether oxygens (including phenoxy) is 1. The third kappa shape index (κ3) is 8.01. The summed E-state index contributed by atoms with van der Waals surface area (Å²) in [6.45, 7) is 8.43. The van der Waals surface area contributed by atoms with Crippen LogP contribution < -0.4 is 15.4 Å². The summed E-state index contributed by atoms with van der Waals surface area (Å²) in [5.74, 6) is 0.0742. The zero-order valence-corrected chi connectivity index (χ0v) is 25.6. The van der Waals surface area contributed by atoms with Crippen molar-refractivity contribution in [1.82, 2.24) is 25.0 Å². The molecular formula is C27H35F3N6O4S2. The molecule has 0 unspecified atom stereocenters. The molecule has 0 aliphatic heterocycles. The number of carbonyl (C=O) groups is 1. The van der Waals surface area contributed by atoms with Crippen LogP contribution in [0.4, 0.5) is 29.6 Å². The van der Waals surface area contributed by atoms with Crippen LogP contribution in [0.2, 0.25) is 0 Å². The van der Waals surface area contributed by atoms with Crippen molar-refractivity contribution in [1.29, 1.82) is 0 Å². The van der Waals surface area contributed by atoms with E-state index in [-0.39, 0.29) is 38.4 Å². The van der Waals surface area contributed by atoms with Crippen LogP contribution in [0.5, 0.6) is 0 Å². The number of benzene rings is 1. The largest absolute Gasteiger partial charge is 0.447 e. The van der Waals surface area contributed by atoms with Gasteiger partial charge in [-0.1, -0.05) is 6.07 Å². The number of hydrogen-bond acceptors (Lipinski definition) is 8. The number of aromatic amines is 1. The van der Waals surface area contributed by atoms with Crippen molar-refractivity contribution in [2.75, 3.05) is 5.32 Å². The lowest BCUT2D eigenvalue weighted by atomic mass is 9.86. The summed E-state index contributed by atoms with van der Waals surface area (Å²) in [5, 5.41) is 6.03. The van der Waals surface area contributed by atoms with Crippen LogP contribution in [0.15, 0.2) is 35.5 Å². The third-order valence-electron chi connectivity index (χ3n) is 6.37. The average Bonchev–Trinajstić information content (AvgIpc) is 3.53. The molecule has 1 aliphatic carbocycles. The monoisotopic (exact) mass is 628 g/mol. The van der Waals surface area contributed by atoms with Crippen molar-refractivity contribution in [3.05, 3.63) is 41.3 Å². The van der Waals surface area contributed by atoms with Crippen molar-refractivity contribution in [2.45, 2.75) is 95.0 Å². The molecule has 230 valence electrons. The summed E-state index contributed by atoms with van der Waals surface area (Å²) in [4.78, 5) is 22.3. The Labute approximate surface area is 246 Å². The number of nitrogens with zero attached hydrogens (tertiary/aromatic N) is 2. The first kappa shape index (κ1) is 31.8. The molecule has 0 saturated heterocycles. The highest BCUT2D eigenvalue weighted by atomic mass is 32.2. The molecule has 1 aromatic carbocycles. The van der Waals surface area contributed by atoms with Gasteiger partial charge < -0.3 is 20.4 Å². The lowest BCUT2D eigenvalue weighted by Crippen LogP contribution is -2.40. The predicted octanol–water partition coefficient (Wildman–Crippen LogP) is 6.53. The number of alkyl halides is 3. The summed E-state index contributed by atoms with van der Waals surface area (Å²) in [5.41, 5.74) is -1.79. The Morgan fingerprint density at radius 3 is 2.40 bits per heavy atom. The number of anilines is 2. The van der Waals surface area contributed by atoms with Gasteiger partial charge in [-0.15, -0.1) is 11.3 Å². The second kappa shape index (κ2) is 12.2. The fourth-order valence-electron chi connectivity index (χ4n) is 4.72. The van der Waals surface area contributed by atoms with E-state index in [1.807, 2.05) is 0 Å². The van der Waals surface area contributed by atoms with E-state index in [4.69, 9.17) is 4.74 Å². The molecule has 4 rings (SSSR count). The van der Waals surface area contributed by atoms with Crippen LogP contribution in [-0.2, 0) is 20.9 Å². The first-order valence-corrected chi connectivity index (χ1v) is 15.8. The van der Waals surface area contributed by atoms with Gasteiger partial charge in [-0.25, -0.2) is 27.9 Å². The maximum atomic E-state index is 14.3. The lowest BCUT2D eigenvalue weighted by molar-refractivity contribution is -0.140. The highest BCUT2D eigenvalue weighted by molar-refractivity contribution is 7.89. The van der Waals surface area contributed by atoms with E-state index in [1.165, 1.54) is 24.4 Å². The standard InChI is InChI=1S/C27H35F3N6O4S2/c1-15(2)40-25(37)34-17-8-6-16(7-9-17)23-35-22(27(28,29)30)21(41-23)19-11-10-18(33-24-31-12-13-32-24)14-20(19)42(38,39)36-26(3,4)5/h10-17,36H,6-9H2,1-5H3,(H,34,37)(H2,31,32,33)/t16-,17-. The van der Waals surface area contributed by atoms with Crippen molar-refractivity contribution in [3.63, 3.8) is 0 Å². The number of carbonyl (C=O) groups excluding carboxylic acids is 1. The van der Waals surface area contributed by atoms with E-state index >= 15 is 0 Å². The first-order valence-electron chi connectivity index (χ1n) is 13.5. The number of imidazole rings is 1. The van der Waals surface area contributed by atoms with Crippen LogP contribution in [0, 0.1) is 0 Å². The molecule has 42 heavy (non-hydrogen) atoms. The van der Waals surface area contributed by atoms with Crippen LogP contribution in [0.25, 0.3) is 10.4 Å². The second-order valence-corrected chi connectivity index (χ2v) is 14.2. The van der Waals surface area contributed by atoms with Gasteiger partial charge in [0.05, 0.1) is 20.9 Å². The van der Waals surface area contributed by atoms with Crippen molar-refractivity contribution >= 4 is 39.1 Å². The zero-order valence-electron chi connectivity index (χ0n) is 23.9. The van der Waals surface area contributed by atoms with Gasteiger partial charge in [0.2, 0.25) is 16.0 Å². The highest BCUT2D eigenvalue weighted by Gasteiger charge is 2.41. The number of hydrogen-bond donors (Lipinski definition) is 4. The molecule has 15 heteroatoms. The molecule has 1 aliphatic rings. The first-order chi connectivity index (χ1) is 19.5. The normalized spacial score (nSPS) is 18.2. The number of alkyl carbamates (subject to hydrolysis) is 1. The van der Waals surface area contributed by atoms with Crippen LogP contribution >= 0.6 is 11.3 Å². The molecule has 2 aromatic heterocycles. The molecule has 1 saturated carbocycles. The third-order valence-corrected chi connectivity index (χ3v) is 9.42. The average molecular weight is 629 g/mol. The number of halogens is 3.